The van der Waals surface area contributed by atoms with Gasteiger partial charge in [-0.15, -0.1) is 0 Å². The summed E-state index contributed by atoms with van der Waals surface area (Å²) < 4.78 is 6.08. The first kappa shape index (κ1) is 19.9. The summed E-state index contributed by atoms with van der Waals surface area (Å²) in [4.78, 5) is 28.1. The number of rotatable bonds is 6. The number of nitrogens with zero attached hydrogens (tertiary/aromatic N) is 4. The van der Waals surface area contributed by atoms with Gasteiger partial charge in [0.25, 0.3) is 0 Å². The van der Waals surface area contributed by atoms with Crippen LogP contribution in [0.4, 0.5) is 10.8 Å². The Balaban J connectivity index is 1.42. The highest BCUT2D eigenvalue weighted by Gasteiger charge is 2.21. The Kier molecular flexibility index (Phi) is 6.15. The molecule has 1 fully saturated rings. The van der Waals surface area contributed by atoms with Crippen LogP contribution in [0.5, 0.6) is 5.75 Å². The minimum atomic E-state index is -0.0819. The highest BCUT2D eigenvalue weighted by atomic mass is 32.2. The monoisotopic (exact) mass is 429 g/mol. The summed E-state index contributed by atoms with van der Waals surface area (Å²) >= 11 is 3.03. The van der Waals surface area contributed by atoms with Gasteiger partial charge in [-0.2, -0.15) is 4.98 Å². The number of amides is 1. The maximum Gasteiger partial charge on any atom is 0.234 e. The van der Waals surface area contributed by atoms with Crippen LogP contribution < -0.4 is 15.0 Å². The van der Waals surface area contributed by atoms with Crippen molar-refractivity contribution in [2.45, 2.75) is 24.8 Å². The van der Waals surface area contributed by atoms with Gasteiger partial charge in [-0.05, 0) is 43.0 Å². The van der Waals surface area contributed by atoms with Crippen molar-refractivity contribution in [1.29, 1.82) is 0 Å². The Morgan fingerprint density at radius 3 is 2.93 bits per heavy atom. The second kappa shape index (κ2) is 8.96. The molecule has 3 aromatic rings. The van der Waals surface area contributed by atoms with Crippen molar-refractivity contribution in [2.75, 3.05) is 36.2 Å². The maximum atomic E-state index is 12.3. The number of fused-ring (bicyclic) bond motifs is 1. The minimum Gasteiger partial charge on any atom is -0.497 e. The van der Waals surface area contributed by atoms with Gasteiger partial charge in [0.1, 0.15) is 21.8 Å². The molecule has 1 aliphatic heterocycles. The summed E-state index contributed by atoms with van der Waals surface area (Å²) in [5.41, 5.74) is 1.44. The van der Waals surface area contributed by atoms with E-state index < -0.39 is 0 Å². The number of carbonyl (C=O) groups excluding carboxylic acids is 1. The summed E-state index contributed by atoms with van der Waals surface area (Å²) in [5, 5.41) is 4.69. The lowest BCUT2D eigenvalue weighted by molar-refractivity contribution is -0.113. The summed E-state index contributed by atoms with van der Waals surface area (Å²) in [7, 11) is 1.61. The molecule has 0 aliphatic carbocycles. The second-order valence-corrected chi connectivity index (χ2v) is 9.03. The number of thiazole rings is 1. The van der Waals surface area contributed by atoms with E-state index in [1.165, 1.54) is 30.9 Å². The maximum absolute atomic E-state index is 12.3. The van der Waals surface area contributed by atoms with E-state index in [0.29, 0.717) is 11.6 Å². The summed E-state index contributed by atoms with van der Waals surface area (Å²) in [6.07, 6.45) is 3.98. The van der Waals surface area contributed by atoms with Crippen LogP contribution in [-0.4, -0.2) is 46.8 Å². The van der Waals surface area contributed by atoms with Gasteiger partial charge in [-0.25, -0.2) is 9.97 Å². The van der Waals surface area contributed by atoms with Crippen LogP contribution in [0.1, 0.15) is 19.8 Å². The standard InChI is InChI=1S/C20H23N5O2S2/c1-13-4-3-9-25(10-13)20-24-18-17(29-20)19(22-12-21-18)28-11-16(26)23-14-5-7-15(27-2)8-6-14/h5-8,12-13H,3-4,9-11H2,1-2H3,(H,23,26). The number of hydrogen-bond donors (Lipinski definition) is 1. The van der Waals surface area contributed by atoms with Gasteiger partial charge in [-0.3, -0.25) is 4.79 Å². The molecule has 0 spiro atoms. The molecule has 1 amide bonds. The van der Waals surface area contributed by atoms with E-state index in [9.17, 15) is 4.79 Å². The predicted octanol–water partition coefficient (Wildman–Crippen LogP) is 4.06. The van der Waals surface area contributed by atoms with Gasteiger partial charge in [-0.1, -0.05) is 30.0 Å². The van der Waals surface area contributed by atoms with Gasteiger partial charge >= 0.3 is 0 Å². The zero-order valence-electron chi connectivity index (χ0n) is 16.4. The molecule has 1 aliphatic rings. The van der Waals surface area contributed by atoms with Crippen molar-refractivity contribution in [3.8, 4) is 5.75 Å². The number of aromatic nitrogens is 3. The smallest absolute Gasteiger partial charge is 0.234 e. The third-order valence-corrected chi connectivity index (χ3v) is 7.02. The average molecular weight is 430 g/mol. The molecule has 1 saturated heterocycles. The number of hydrogen-bond acceptors (Lipinski definition) is 8. The molecule has 1 atom stereocenters. The quantitative estimate of drug-likeness (QED) is 0.467. The normalized spacial score (nSPS) is 16.8. The van der Waals surface area contributed by atoms with Crippen molar-refractivity contribution in [3.63, 3.8) is 0 Å². The van der Waals surface area contributed by atoms with Crippen LogP contribution in [0.15, 0.2) is 35.6 Å². The van der Waals surface area contributed by atoms with E-state index in [1.807, 2.05) is 24.3 Å². The summed E-state index contributed by atoms with van der Waals surface area (Å²) in [6, 6.07) is 7.27. The lowest BCUT2D eigenvalue weighted by Crippen LogP contribution is -2.34. The molecule has 0 saturated carbocycles. The van der Waals surface area contributed by atoms with E-state index in [-0.39, 0.29) is 11.7 Å². The van der Waals surface area contributed by atoms with E-state index in [2.05, 4.69) is 27.1 Å². The molecule has 1 N–H and O–H groups in total. The van der Waals surface area contributed by atoms with Gasteiger partial charge in [0.2, 0.25) is 5.91 Å². The topological polar surface area (TPSA) is 80.2 Å². The molecule has 7 nitrogen and oxygen atoms in total. The van der Waals surface area contributed by atoms with Gasteiger partial charge < -0.3 is 15.0 Å². The van der Waals surface area contributed by atoms with Gasteiger partial charge in [0.05, 0.1) is 12.9 Å². The first-order valence-corrected chi connectivity index (χ1v) is 11.4. The van der Waals surface area contributed by atoms with Gasteiger partial charge in [0, 0.05) is 18.8 Å². The molecular weight excluding hydrogens is 406 g/mol. The van der Waals surface area contributed by atoms with E-state index in [4.69, 9.17) is 9.72 Å². The fraction of sp³-hybridized carbons (Fsp3) is 0.400. The molecule has 4 rings (SSSR count). The molecule has 1 unspecified atom stereocenters. The van der Waals surface area contributed by atoms with Crippen LogP contribution in [0.2, 0.25) is 0 Å². The fourth-order valence-electron chi connectivity index (χ4n) is 3.33. The summed E-state index contributed by atoms with van der Waals surface area (Å²) in [6.45, 7) is 4.34. The highest BCUT2D eigenvalue weighted by Crippen LogP contribution is 2.35. The first-order chi connectivity index (χ1) is 14.1. The Morgan fingerprint density at radius 2 is 2.17 bits per heavy atom. The molecule has 29 heavy (non-hydrogen) atoms. The SMILES string of the molecule is COc1ccc(NC(=O)CSc2ncnc3nc(N4CCCC(C)C4)sc23)cc1. The van der Waals surface area contributed by atoms with E-state index >= 15 is 0 Å². The minimum absolute atomic E-state index is 0.0819. The molecule has 0 bridgehead atoms. The van der Waals surface area contributed by atoms with Gasteiger partial charge in [0.15, 0.2) is 10.8 Å². The van der Waals surface area contributed by atoms with Crippen LogP contribution in [0.3, 0.4) is 0 Å². The van der Waals surface area contributed by atoms with Crippen molar-refractivity contribution < 1.29 is 9.53 Å². The van der Waals surface area contributed by atoms with Crippen molar-refractivity contribution in [3.05, 3.63) is 30.6 Å². The number of anilines is 2. The molecule has 152 valence electrons. The third kappa shape index (κ3) is 4.79. The Morgan fingerprint density at radius 1 is 1.34 bits per heavy atom. The van der Waals surface area contributed by atoms with Crippen molar-refractivity contribution in [1.82, 2.24) is 15.0 Å². The Labute approximate surface area is 177 Å². The molecule has 0 radical (unpaired) electrons. The van der Waals surface area contributed by atoms with Crippen LogP contribution in [0, 0.1) is 5.92 Å². The number of carbonyl (C=O) groups is 1. The number of nitrogens with one attached hydrogen (secondary N) is 1. The Hall–Kier alpha value is -2.39. The van der Waals surface area contributed by atoms with Crippen molar-refractivity contribution in [2.24, 2.45) is 5.92 Å². The number of ether oxygens (including phenoxy) is 1. The summed E-state index contributed by atoms with van der Waals surface area (Å²) in [5.74, 6) is 1.62. The predicted molar refractivity (Wildman–Crippen MR) is 118 cm³/mol. The van der Waals surface area contributed by atoms with Crippen LogP contribution >= 0.6 is 23.1 Å². The number of methoxy groups -OCH3 is 1. The highest BCUT2D eigenvalue weighted by molar-refractivity contribution is 8.00. The zero-order chi connectivity index (χ0) is 20.2. The zero-order valence-corrected chi connectivity index (χ0v) is 18.1. The van der Waals surface area contributed by atoms with Crippen LogP contribution in [-0.2, 0) is 4.79 Å². The van der Waals surface area contributed by atoms with Crippen LogP contribution in [0.25, 0.3) is 10.3 Å². The van der Waals surface area contributed by atoms with E-state index in [0.717, 1.165) is 39.4 Å². The first-order valence-electron chi connectivity index (χ1n) is 9.55. The van der Waals surface area contributed by atoms with Crippen molar-refractivity contribution >= 4 is 50.2 Å². The number of thioether (sulfide) groups is 1. The second-order valence-electron chi connectivity index (χ2n) is 7.09. The van der Waals surface area contributed by atoms with E-state index in [1.54, 1.807) is 18.4 Å². The molecule has 1 aromatic carbocycles. The third-order valence-electron chi connectivity index (χ3n) is 4.79. The fourth-order valence-corrected chi connectivity index (χ4v) is 5.25. The number of piperidine rings is 1. The molecular formula is C20H23N5O2S2. The molecule has 3 heterocycles. The molecule has 9 heteroatoms. The number of benzene rings is 1. The lowest BCUT2D eigenvalue weighted by atomic mass is 10.0. The molecule has 2 aromatic heterocycles. The largest absolute Gasteiger partial charge is 0.497 e. The average Bonchev–Trinajstić information content (AvgIpc) is 3.18. The lowest BCUT2D eigenvalue weighted by Gasteiger charge is -2.30. The Bertz CT molecular complexity index is 992.